The summed E-state index contributed by atoms with van der Waals surface area (Å²) in [5.41, 5.74) is 2.47. The number of carbonyl (C=O) groups excluding carboxylic acids is 2. The molecule has 0 atom stereocenters. The third-order valence-electron chi connectivity index (χ3n) is 5.43. The van der Waals surface area contributed by atoms with Gasteiger partial charge >= 0.3 is 0 Å². The summed E-state index contributed by atoms with van der Waals surface area (Å²) in [6.45, 7) is 4.32. The second kappa shape index (κ2) is 8.57. The second-order valence-corrected chi connectivity index (χ2v) is 8.20. The van der Waals surface area contributed by atoms with Crippen molar-refractivity contribution in [2.24, 2.45) is 0 Å². The van der Waals surface area contributed by atoms with Crippen LogP contribution < -0.4 is 4.90 Å². The zero-order valence-corrected chi connectivity index (χ0v) is 17.4. The van der Waals surface area contributed by atoms with Gasteiger partial charge in [-0.25, -0.2) is 0 Å². The summed E-state index contributed by atoms with van der Waals surface area (Å²) >= 11 is 12.2. The SMILES string of the molecule is O=C1C(Cl)=C(N2CC[NH+](Cc3ccccc3)CC2)C(=O)N1Cc1ccc(Cl)cc1. The maximum atomic E-state index is 13.0. The Morgan fingerprint density at radius 2 is 1.48 bits per heavy atom. The molecule has 0 saturated carbocycles. The monoisotopic (exact) mass is 430 g/mol. The van der Waals surface area contributed by atoms with Crippen LogP contribution in [-0.2, 0) is 22.7 Å². The summed E-state index contributed by atoms with van der Waals surface area (Å²) in [6.07, 6.45) is 0. The third kappa shape index (κ3) is 4.32. The molecular weight excluding hydrogens is 409 g/mol. The molecule has 1 saturated heterocycles. The van der Waals surface area contributed by atoms with E-state index in [1.165, 1.54) is 15.4 Å². The second-order valence-electron chi connectivity index (χ2n) is 7.38. The van der Waals surface area contributed by atoms with E-state index in [2.05, 4.69) is 12.1 Å². The lowest BCUT2D eigenvalue weighted by Gasteiger charge is -2.33. The molecule has 0 bridgehead atoms. The Morgan fingerprint density at radius 3 is 2.14 bits per heavy atom. The van der Waals surface area contributed by atoms with E-state index in [-0.39, 0.29) is 17.5 Å². The fraction of sp³-hybridized carbons (Fsp3) is 0.273. The summed E-state index contributed by atoms with van der Waals surface area (Å²) in [4.78, 5) is 30.2. The summed E-state index contributed by atoms with van der Waals surface area (Å²) in [5.74, 6) is -0.748. The van der Waals surface area contributed by atoms with Gasteiger partial charge in [-0.3, -0.25) is 14.5 Å². The molecule has 29 heavy (non-hydrogen) atoms. The van der Waals surface area contributed by atoms with Gasteiger partial charge in [-0.2, -0.15) is 0 Å². The molecule has 1 fully saturated rings. The Kier molecular flexibility index (Phi) is 5.90. The van der Waals surface area contributed by atoms with E-state index in [0.717, 1.165) is 25.2 Å². The lowest BCUT2D eigenvalue weighted by atomic mass is 10.2. The number of benzene rings is 2. The van der Waals surface area contributed by atoms with Crippen LogP contribution >= 0.6 is 23.2 Å². The molecule has 0 unspecified atom stereocenters. The fourth-order valence-corrected chi connectivity index (χ4v) is 4.26. The first kappa shape index (κ1) is 20.0. The maximum Gasteiger partial charge on any atom is 0.279 e. The highest BCUT2D eigenvalue weighted by Crippen LogP contribution is 2.28. The number of imide groups is 1. The van der Waals surface area contributed by atoms with Crippen molar-refractivity contribution in [3.8, 4) is 0 Å². The number of hydrogen-bond donors (Lipinski definition) is 1. The van der Waals surface area contributed by atoms with Crippen molar-refractivity contribution in [2.75, 3.05) is 26.2 Å². The van der Waals surface area contributed by atoms with Gasteiger partial charge in [0.15, 0.2) is 0 Å². The van der Waals surface area contributed by atoms with Crippen molar-refractivity contribution in [1.29, 1.82) is 0 Å². The van der Waals surface area contributed by atoms with Crippen LogP contribution in [0.5, 0.6) is 0 Å². The van der Waals surface area contributed by atoms with E-state index in [1.807, 2.05) is 23.1 Å². The van der Waals surface area contributed by atoms with Crippen LogP contribution in [0.15, 0.2) is 65.3 Å². The molecule has 1 N–H and O–H groups in total. The first-order valence-corrected chi connectivity index (χ1v) is 10.4. The highest BCUT2D eigenvalue weighted by Gasteiger charge is 2.41. The number of halogens is 2. The average molecular weight is 431 g/mol. The van der Waals surface area contributed by atoms with E-state index < -0.39 is 5.91 Å². The van der Waals surface area contributed by atoms with Crippen molar-refractivity contribution in [3.05, 3.63) is 81.5 Å². The number of rotatable bonds is 5. The van der Waals surface area contributed by atoms with E-state index >= 15 is 0 Å². The minimum Gasteiger partial charge on any atom is -0.354 e. The molecule has 0 radical (unpaired) electrons. The summed E-state index contributed by atoms with van der Waals surface area (Å²) in [7, 11) is 0. The lowest BCUT2D eigenvalue weighted by molar-refractivity contribution is -0.917. The standard InChI is InChI=1S/C22H21Cl2N3O2/c23-18-8-6-17(7-9-18)15-27-21(28)19(24)20(22(27)29)26-12-10-25(11-13-26)14-16-4-2-1-3-5-16/h1-9H,10-15H2/p+1. The smallest absolute Gasteiger partial charge is 0.279 e. The molecule has 2 amide bonds. The molecule has 0 aromatic heterocycles. The van der Waals surface area contributed by atoms with Crippen molar-refractivity contribution in [2.45, 2.75) is 13.1 Å². The van der Waals surface area contributed by atoms with E-state index in [1.54, 1.807) is 24.3 Å². The molecule has 0 spiro atoms. The highest BCUT2D eigenvalue weighted by atomic mass is 35.5. The van der Waals surface area contributed by atoms with Gasteiger partial charge in [-0.05, 0) is 17.7 Å². The van der Waals surface area contributed by atoms with Crippen LogP contribution in [0.25, 0.3) is 0 Å². The van der Waals surface area contributed by atoms with Gasteiger partial charge in [0.05, 0.1) is 32.7 Å². The molecule has 2 heterocycles. The summed E-state index contributed by atoms with van der Waals surface area (Å²) < 4.78 is 0. The first-order chi connectivity index (χ1) is 14.0. The molecule has 2 aliphatic rings. The van der Waals surface area contributed by atoms with E-state index in [9.17, 15) is 9.59 Å². The normalized spacial score (nSPS) is 18.1. The van der Waals surface area contributed by atoms with Crippen LogP contribution in [0, 0.1) is 0 Å². The summed E-state index contributed by atoms with van der Waals surface area (Å²) in [6, 6.07) is 17.5. The van der Waals surface area contributed by atoms with Gasteiger partial charge in [0.2, 0.25) is 0 Å². The van der Waals surface area contributed by atoms with E-state index in [0.29, 0.717) is 23.8 Å². The zero-order valence-electron chi connectivity index (χ0n) is 15.9. The van der Waals surface area contributed by atoms with Crippen LogP contribution in [-0.4, -0.2) is 47.8 Å². The number of hydrogen-bond acceptors (Lipinski definition) is 3. The Bertz CT molecular complexity index is 936. The van der Waals surface area contributed by atoms with Crippen molar-refractivity contribution < 1.29 is 14.5 Å². The highest BCUT2D eigenvalue weighted by molar-refractivity contribution is 6.47. The van der Waals surface area contributed by atoms with Gasteiger partial charge < -0.3 is 9.80 Å². The largest absolute Gasteiger partial charge is 0.354 e. The predicted molar refractivity (Wildman–Crippen MR) is 112 cm³/mol. The molecule has 4 rings (SSSR count). The Hall–Kier alpha value is -2.34. The molecule has 150 valence electrons. The van der Waals surface area contributed by atoms with Gasteiger partial charge in [0.1, 0.15) is 17.3 Å². The molecule has 2 aromatic rings. The maximum absolute atomic E-state index is 13.0. The quantitative estimate of drug-likeness (QED) is 0.738. The summed E-state index contributed by atoms with van der Waals surface area (Å²) in [5, 5.41) is 0.635. The van der Waals surface area contributed by atoms with Crippen molar-refractivity contribution in [1.82, 2.24) is 9.80 Å². The third-order valence-corrected chi connectivity index (χ3v) is 6.02. The average Bonchev–Trinajstić information content (AvgIpc) is 2.94. The molecule has 0 aliphatic carbocycles. The molecule has 2 aromatic carbocycles. The Balaban J connectivity index is 1.40. The topological polar surface area (TPSA) is 45.1 Å². The predicted octanol–water partition coefficient (Wildman–Crippen LogP) is 2.06. The number of piperazine rings is 1. The van der Waals surface area contributed by atoms with Crippen LogP contribution in [0.2, 0.25) is 5.02 Å². The first-order valence-electron chi connectivity index (χ1n) is 9.66. The van der Waals surface area contributed by atoms with Crippen LogP contribution in [0.4, 0.5) is 0 Å². The number of carbonyl (C=O) groups is 2. The Labute approximate surface area is 180 Å². The molecule has 2 aliphatic heterocycles. The molecular formula is C22H22Cl2N3O2+. The minimum atomic E-state index is -0.430. The zero-order chi connectivity index (χ0) is 20.4. The number of nitrogens with zero attached hydrogens (tertiary/aromatic N) is 2. The Morgan fingerprint density at radius 1 is 0.828 bits per heavy atom. The molecule has 7 heteroatoms. The van der Waals surface area contributed by atoms with Crippen LogP contribution in [0.3, 0.4) is 0 Å². The van der Waals surface area contributed by atoms with Gasteiger partial charge in [0, 0.05) is 10.6 Å². The van der Waals surface area contributed by atoms with Gasteiger partial charge in [0.25, 0.3) is 11.8 Å². The fourth-order valence-electron chi connectivity index (χ4n) is 3.83. The number of quaternary nitrogens is 1. The van der Waals surface area contributed by atoms with Gasteiger partial charge in [-0.1, -0.05) is 65.7 Å². The van der Waals surface area contributed by atoms with Gasteiger partial charge in [-0.15, -0.1) is 0 Å². The number of amides is 2. The van der Waals surface area contributed by atoms with Crippen molar-refractivity contribution >= 4 is 35.0 Å². The van der Waals surface area contributed by atoms with Crippen LogP contribution in [0.1, 0.15) is 11.1 Å². The number of nitrogens with one attached hydrogen (secondary N) is 1. The molecule has 5 nitrogen and oxygen atoms in total. The minimum absolute atomic E-state index is 0.0236. The van der Waals surface area contributed by atoms with E-state index in [4.69, 9.17) is 23.2 Å². The lowest BCUT2D eigenvalue weighted by Crippen LogP contribution is -3.13. The van der Waals surface area contributed by atoms with Crippen molar-refractivity contribution in [3.63, 3.8) is 0 Å².